The fraction of sp³-hybridized carbons (Fsp3) is 0.0769. The Morgan fingerprint density at radius 2 is 2.10 bits per heavy atom. The van der Waals surface area contributed by atoms with Crippen LogP contribution in [0.3, 0.4) is 0 Å². The second kappa shape index (κ2) is 6.19. The molecule has 2 rings (SSSR count). The molecular weight excluding hydrogens is 351 g/mol. The molecule has 2 aromatic carbocycles. The molecule has 104 valence electrons. The van der Waals surface area contributed by atoms with Crippen LogP contribution < -0.4 is 5.32 Å². The quantitative estimate of drug-likeness (QED) is 0.632. The Morgan fingerprint density at radius 1 is 1.35 bits per heavy atom. The molecular formula is C13H9BrClFN2O2. The van der Waals surface area contributed by atoms with Gasteiger partial charge in [-0.15, -0.1) is 0 Å². The molecule has 0 spiro atoms. The molecule has 7 heteroatoms. The molecule has 20 heavy (non-hydrogen) atoms. The first-order chi connectivity index (χ1) is 9.49. The van der Waals surface area contributed by atoms with Crippen LogP contribution in [-0.4, -0.2) is 4.92 Å². The maximum absolute atomic E-state index is 13.5. The average molecular weight is 360 g/mol. The summed E-state index contributed by atoms with van der Waals surface area (Å²) >= 11 is 9.30. The first-order valence-electron chi connectivity index (χ1n) is 5.59. The Kier molecular flexibility index (Phi) is 4.57. The van der Waals surface area contributed by atoms with E-state index in [0.717, 1.165) is 17.8 Å². The van der Waals surface area contributed by atoms with Crippen molar-refractivity contribution in [3.8, 4) is 0 Å². The Morgan fingerprint density at radius 3 is 2.75 bits per heavy atom. The van der Waals surface area contributed by atoms with Crippen LogP contribution in [0.1, 0.15) is 5.56 Å². The lowest BCUT2D eigenvalue weighted by Crippen LogP contribution is -2.01. The number of nitro groups is 1. The molecule has 0 aliphatic rings. The highest BCUT2D eigenvalue weighted by atomic mass is 79.9. The maximum atomic E-state index is 13.5. The highest BCUT2D eigenvalue weighted by Crippen LogP contribution is 2.30. The van der Waals surface area contributed by atoms with Gasteiger partial charge in [0, 0.05) is 12.6 Å². The third-order valence-corrected chi connectivity index (χ3v) is 4.04. The molecule has 0 aromatic heterocycles. The minimum Gasteiger partial charge on any atom is -0.380 e. The van der Waals surface area contributed by atoms with Crippen molar-refractivity contribution in [2.24, 2.45) is 0 Å². The van der Waals surface area contributed by atoms with E-state index in [1.165, 1.54) is 6.07 Å². The summed E-state index contributed by atoms with van der Waals surface area (Å²) in [5.41, 5.74) is 0.828. The fourth-order valence-electron chi connectivity index (χ4n) is 1.65. The van der Waals surface area contributed by atoms with Gasteiger partial charge >= 0.3 is 5.69 Å². The van der Waals surface area contributed by atoms with Gasteiger partial charge in [0.25, 0.3) is 0 Å². The fourth-order valence-corrected chi connectivity index (χ4v) is 2.23. The van der Waals surface area contributed by atoms with Gasteiger partial charge in [0.2, 0.25) is 5.82 Å². The molecule has 0 radical (unpaired) electrons. The van der Waals surface area contributed by atoms with Crippen molar-refractivity contribution < 1.29 is 9.31 Å². The predicted molar refractivity (Wildman–Crippen MR) is 79.5 cm³/mol. The summed E-state index contributed by atoms with van der Waals surface area (Å²) in [4.78, 5) is 9.77. The Bertz CT molecular complexity index is 667. The minimum absolute atomic E-state index is 0.327. The Hall–Kier alpha value is -1.66. The molecule has 0 heterocycles. The van der Waals surface area contributed by atoms with E-state index in [-0.39, 0.29) is 0 Å². The van der Waals surface area contributed by atoms with E-state index in [9.17, 15) is 14.5 Å². The highest BCUT2D eigenvalue weighted by molar-refractivity contribution is 9.10. The van der Waals surface area contributed by atoms with Crippen LogP contribution in [0.2, 0.25) is 5.02 Å². The lowest BCUT2D eigenvalue weighted by molar-refractivity contribution is -0.387. The molecule has 0 atom stereocenters. The summed E-state index contributed by atoms with van der Waals surface area (Å²) in [5, 5.41) is 14.2. The number of nitrogens with one attached hydrogen (secondary N) is 1. The number of halogens is 3. The smallest absolute Gasteiger partial charge is 0.304 e. The van der Waals surface area contributed by atoms with Crippen molar-refractivity contribution >= 4 is 38.9 Å². The summed E-state index contributed by atoms with van der Waals surface area (Å²) in [6.07, 6.45) is 0. The van der Waals surface area contributed by atoms with Crippen molar-refractivity contribution in [1.82, 2.24) is 0 Å². The zero-order valence-corrected chi connectivity index (χ0v) is 12.4. The zero-order valence-electron chi connectivity index (χ0n) is 10.1. The number of hydrogen-bond donors (Lipinski definition) is 1. The molecule has 0 saturated heterocycles. The maximum Gasteiger partial charge on any atom is 0.304 e. The van der Waals surface area contributed by atoms with Crippen LogP contribution in [0.25, 0.3) is 0 Å². The molecule has 0 amide bonds. The first kappa shape index (κ1) is 14.7. The van der Waals surface area contributed by atoms with Gasteiger partial charge in [0.05, 0.1) is 20.1 Å². The summed E-state index contributed by atoms with van der Waals surface area (Å²) in [5.74, 6) is -0.848. The lowest BCUT2D eigenvalue weighted by Gasteiger charge is -2.09. The number of anilines is 1. The molecule has 0 aliphatic carbocycles. The summed E-state index contributed by atoms with van der Waals surface area (Å²) < 4.78 is 14.2. The highest BCUT2D eigenvalue weighted by Gasteiger charge is 2.13. The van der Waals surface area contributed by atoms with Crippen LogP contribution in [0, 0.1) is 15.9 Å². The van der Waals surface area contributed by atoms with Crippen molar-refractivity contribution in [2.45, 2.75) is 6.54 Å². The van der Waals surface area contributed by atoms with Crippen molar-refractivity contribution in [2.75, 3.05) is 5.32 Å². The lowest BCUT2D eigenvalue weighted by atomic mass is 10.2. The van der Waals surface area contributed by atoms with E-state index in [2.05, 4.69) is 21.2 Å². The molecule has 2 aromatic rings. The van der Waals surface area contributed by atoms with E-state index in [1.54, 1.807) is 12.1 Å². The summed E-state index contributed by atoms with van der Waals surface area (Å²) in [6, 6.07) is 9.14. The second-order valence-corrected chi connectivity index (χ2v) is 5.20. The predicted octanol–water partition coefficient (Wildman–Crippen LogP) is 4.76. The van der Waals surface area contributed by atoms with E-state index < -0.39 is 16.4 Å². The molecule has 0 aliphatic heterocycles. The standard InChI is InChI=1S/C13H9BrClFN2O2/c14-13-9(15)2-1-3-11(13)17-7-8-4-5-12(18(19)20)10(16)6-8/h1-6,17H,7H2. The van der Waals surface area contributed by atoms with Crippen LogP contribution in [0.15, 0.2) is 40.9 Å². The average Bonchev–Trinajstić information content (AvgIpc) is 2.40. The van der Waals surface area contributed by atoms with Gasteiger partial charge in [0.15, 0.2) is 0 Å². The Balaban J connectivity index is 2.13. The second-order valence-electron chi connectivity index (χ2n) is 4.00. The van der Waals surface area contributed by atoms with Gasteiger partial charge in [-0.25, -0.2) is 0 Å². The van der Waals surface area contributed by atoms with Gasteiger partial charge in [-0.2, -0.15) is 4.39 Å². The van der Waals surface area contributed by atoms with E-state index in [0.29, 0.717) is 21.6 Å². The minimum atomic E-state index is -0.848. The van der Waals surface area contributed by atoms with Gasteiger partial charge in [-0.1, -0.05) is 23.7 Å². The Labute approximate surface area is 127 Å². The number of rotatable bonds is 4. The van der Waals surface area contributed by atoms with Gasteiger partial charge in [-0.3, -0.25) is 10.1 Å². The van der Waals surface area contributed by atoms with Crippen molar-refractivity contribution in [3.63, 3.8) is 0 Å². The first-order valence-corrected chi connectivity index (χ1v) is 6.77. The zero-order chi connectivity index (χ0) is 14.7. The van der Waals surface area contributed by atoms with Crippen molar-refractivity contribution in [1.29, 1.82) is 0 Å². The molecule has 0 bridgehead atoms. The third kappa shape index (κ3) is 3.26. The molecule has 4 nitrogen and oxygen atoms in total. The normalized spacial score (nSPS) is 10.3. The van der Waals surface area contributed by atoms with Gasteiger partial charge < -0.3 is 5.32 Å². The number of nitro benzene ring substituents is 1. The topological polar surface area (TPSA) is 55.2 Å². The largest absolute Gasteiger partial charge is 0.380 e. The van der Waals surface area contributed by atoms with E-state index in [1.807, 2.05) is 6.07 Å². The van der Waals surface area contributed by atoms with E-state index in [4.69, 9.17) is 11.6 Å². The molecule has 1 N–H and O–H groups in total. The monoisotopic (exact) mass is 358 g/mol. The number of hydrogen-bond acceptors (Lipinski definition) is 3. The third-order valence-electron chi connectivity index (χ3n) is 2.64. The van der Waals surface area contributed by atoms with Crippen LogP contribution in [-0.2, 0) is 6.54 Å². The number of nitrogens with zero attached hydrogens (tertiary/aromatic N) is 1. The van der Waals surface area contributed by atoms with Crippen molar-refractivity contribution in [3.05, 3.63) is 67.4 Å². The van der Waals surface area contributed by atoms with E-state index >= 15 is 0 Å². The van der Waals surface area contributed by atoms with Crippen LogP contribution in [0.5, 0.6) is 0 Å². The summed E-state index contributed by atoms with van der Waals surface area (Å²) in [6.45, 7) is 0.327. The number of benzene rings is 2. The van der Waals surface area contributed by atoms with Gasteiger partial charge in [-0.05, 0) is 39.7 Å². The molecule has 0 unspecified atom stereocenters. The molecule has 0 fully saturated rings. The SMILES string of the molecule is O=[N+]([O-])c1ccc(CNc2cccc(Cl)c2Br)cc1F. The van der Waals surface area contributed by atoms with Gasteiger partial charge in [0.1, 0.15) is 0 Å². The van der Waals surface area contributed by atoms with Crippen LogP contribution >= 0.6 is 27.5 Å². The van der Waals surface area contributed by atoms with Crippen LogP contribution in [0.4, 0.5) is 15.8 Å². The summed E-state index contributed by atoms with van der Waals surface area (Å²) in [7, 11) is 0. The molecule has 0 saturated carbocycles.